The average molecular weight is 180 g/mol. The quantitative estimate of drug-likeness (QED) is 0.644. The van der Waals surface area contributed by atoms with Crippen LogP contribution in [0.1, 0.15) is 40.5 Å². The molecule has 0 aliphatic heterocycles. The monoisotopic (exact) mass is 180 g/mol. The van der Waals surface area contributed by atoms with Gasteiger partial charge < -0.3 is 4.74 Å². The summed E-state index contributed by atoms with van der Waals surface area (Å²) in [5.74, 6) is 1.75. The van der Waals surface area contributed by atoms with Crippen LogP contribution in [0.4, 0.5) is 0 Å². The van der Waals surface area contributed by atoms with Gasteiger partial charge in [0.1, 0.15) is 5.76 Å². The Hall–Kier alpha value is -0.720. The molecule has 0 aromatic carbocycles. The van der Waals surface area contributed by atoms with E-state index in [0.717, 1.165) is 18.8 Å². The van der Waals surface area contributed by atoms with Crippen molar-refractivity contribution in [3.05, 3.63) is 23.0 Å². The summed E-state index contributed by atoms with van der Waals surface area (Å²) in [6, 6.07) is 0. The summed E-state index contributed by atoms with van der Waals surface area (Å²) < 4.78 is 5.78. The smallest absolute Gasteiger partial charge is 0.120 e. The van der Waals surface area contributed by atoms with E-state index >= 15 is 0 Å². The van der Waals surface area contributed by atoms with Crippen LogP contribution in [-0.2, 0) is 4.74 Å². The largest absolute Gasteiger partial charge is 0.493 e. The van der Waals surface area contributed by atoms with Crippen molar-refractivity contribution in [2.45, 2.75) is 40.5 Å². The zero-order valence-electron chi connectivity index (χ0n) is 9.18. The van der Waals surface area contributed by atoms with E-state index in [9.17, 15) is 0 Å². The second-order valence-electron chi connectivity index (χ2n) is 4.24. The fourth-order valence-corrected chi connectivity index (χ4v) is 1.54. The average Bonchev–Trinajstić information content (AvgIpc) is 2.03. The SMILES string of the molecule is CC1=CCCC(C)=C1OCC(C)C. The molecule has 0 N–H and O–H groups in total. The highest BCUT2D eigenvalue weighted by Gasteiger charge is 2.11. The van der Waals surface area contributed by atoms with Crippen molar-refractivity contribution in [3.63, 3.8) is 0 Å². The van der Waals surface area contributed by atoms with Gasteiger partial charge in [-0.05, 0) is 43.8 Å². The molecule has 0 fully saturated rings. The van der Waals surface area contributed by atoms with Crippen LogP contribution in [0.2, 0.25) is 0 Å². The molecule has 0 radical (unpaired) electrons. The van der Waals surface area contributed by atoms with Gasteiger partial charge in [0.25, 0.3) is 0 Å². The maximum Gasteiger partial charge on any atom is 0.120 e. The fourth-order valence-electron chi connectivity index (χ4n) is 1.54. The van der Waals surface area contributed by atoms with Crippen LogP contribution in [0, 0.1) is 5.92 Å². The van der Waals surface area contributed by atoms with Crippen LogP contribution in [-0.4, -0.2) is 6.61 Å². The van der Waals surface area contributed by atoms with Gasteiger partial charge in [-0.3, -0.25) is 0 Å². The second kappa shape index (κ2) is 4.50. The lowest BCUT2D eigenvalue weighted by Crippen LogP contribution is -2.06. The zero-order chi connectivity index (χ0) is 9.84. The van der Waals surface area contributed by atoms with Gasteiger partial charge in [0.2, 0.25) is 0 Å². The van der Waals surface area contributed by atoms with E-state index in [1.807, 2.05) is 0 Å². The van der Waals surface area contributed by atoms with Crippen molar-refractivity contribution < 1.29 is 4.74 Å². The lowest BCUT2D eigenvalue weighted by molar-refractivity contribution is 0.181. The fraction of sp³-hybridized carbons (Fsp3) is 0.667. The van der Waals surface area contributed by atoms with Crippen LogP contribution in [0.5, 0.6) is 0 Å². The Kier molecular flexibility index (Phi) is 3.58. The molecule has 1 aliphatic carbocycles. The molecule has 74 valence electrons. The summed E-state index contributed by atoms with van der Waals surface area (Å²) >= 11 is 0. The minimum atomic E-state index is 0.607. The van der Waals surface area contributed by atoms with Crippen molar-refractivity contribution >= 4 is 0 Å². The standard InChI is InChI=1S/C12H20O/c1-9(2)8-13-12-10(3)6-5-7-11(12)4/h6,9H,5,7-8H2,1-4H3. The van der Waals surface area contributed by atoms with Crippen molar-refractivity contribution in [3.8, 4) is 0 Å². The highest BCUT2D eigenvalue weighted by molar-refractivity contribution is 5.31. The summed E-state index contributed by atoms with van der Waals surface area (Å²) in [5, 5.41) is 0. The van der Waals surface area contributed by atoms with Gasteiger partial charge in [0.05, 0.1) is 6.61 Å². The molecular weight excluding hydrogens is 160 g/mol. The number of hydrogen-bond acceptors (Lipinski definition) is 1. The molecule has 1 rings (SSSR count). The minimum Gasteiger partial charge on any atom is -0.493 e. The lowest BCUT2D eigenvalue weighted by atomic mass is 9.99. The molecule has 13 heavy (non-hydrogen) atoms. The summed E-state index contributed by atoms with van der Waals surface area (Å²) in [4.78, 5) is 0. The maximum atomic E-state index is 5.78. The van der Waals surface area contributed by atoms with Crippen molar-refractivity contribution in [1.29, 1.82) is 0 Å². The molecular formula is C12H20O. The maximum absolute atomic E-state index is 5.78. The molecule has 0 aromatic heterocycles. The molecule has 0 bridgehead atoms. The first kappa shape index (κ1) is 10.4. The normalized spacial score (nSPS) is 17.8. The molecule has 1 nitrogen and oxygen atoms in total. The molecule has 0 saturated carbocycles. The van der Waals surface area contributed by atoms with Crippen LogP contribution in [0.25, 0.3) is 0 Å². The Bertz CT molecular complexity index is 234. The van der Waals surface area contributed by atoms with Crippen LogP contribution in [0.3, 0.4) is 0 Å². The highest BCUT2D eigenvalue weighted by atomic mass is 16.5. The number of hydrogen-bond donors (Lipinski definition) is 0. The molecule has 0 aromatic rings. The number of allylic oxidation sites excluding steroid dienone is 3. The summed E-state index contributed by atoms with van der Waals surface area (Å²) in [6.07, 6.45) is 4.60. The summed E-state index contributed by atoms with van der Waals surface area (Å²) in [5.41, 5.74) is 2.71. The van der Waals surface area contributed by atoms with E-state index in [2.05, 4.69) is 33.8 Å². The number of ether oxygens (including phenoxy) is 1. The van der Waals surface area contributed by atoms with Crippen LogP contribution < -0.4 is 0 Å². The van der Waals surface area contributed by atoms with Crippen LogP contribution in [0.15, 0.2) is 23.0 Å². The molecule has 0 unspecified atom stereocenters. The summed E-state index contributed by atoms with van der Waals surface area (Å²) in [6.45, 7) is 9.50. The third-order valence-electron chi connectivity index (χ3n) is 2.28. The minimum absolute atomic E-state index is 0.607. The second-order valence-corrected chi connectivity index (χ2v) is 4.24. The van der Waals surface area contributed by atoms with E-state index in [4.69, 9.17) is 4.74 Å². The lowest BCUT2D eigenvalue weighted by Gasteiger charge is -2.19. The van der Waals surface area contributed by atoms with Crippen molar-refractivity contribution in [2.24, 2.45) is 5.92 Å². The Morgan fingerprint density at radius 1 is 1.38 bits per heavy atom. The number of rotatable bonds is 3. The van der Waals surface area contributed by atoms with E-state index < -0.39 is 0 Å². The molecule has 1 heteroatoms. The highest BCUT2D eigenvalue weighted by Crippen LogP contribution is 2.25. The van der Waals surface area contributed by atoms with E-state index in [1.54, 1.807) is 0 Å². The molecule has 0 saturated heterocycles. The molecule has 0 amide bonds. The molecule has 0 heterocycles. The Morgan fingerprint density at radius 3 is 2.62 bits per heavy atom. The van der Waals surface area contributed by atoms with Crippen LogP contribution >= 0.6 is 0 Å². The van der Waals surface area contributed by atoms with E-state index in [0.29, 0.717) is 5.92 Å². The topological polar surface area (TPSA) is 9.23 Å². The molecule has 0 atom stereocenters. The first-order valence-corrected chi connectivity index (χ1v) is 5.11. The Labute approximate surface area is 81.5 Å². The van der Waals surface area contributed by atoms with Crippen molar-refractivity contribution in [1.82, 2.24) is 0 Å². The van der Waals surface area contributed by atoms with E-state index in [1.165, 1.54) is 17.6 Å². The first-order chi connectivity index (χ1) is 6.11. The third kappa shape index (κ3) is 2.91. The van der Waals surface area contributed by atoms with Gasteiger partial charge in [-0.15, -0.1) is 0 Å². The van der Waals surface area contributed by atoms with E-state index in [-0.39, 0.29) is 0 Å². The van der Waals surface area contributed by atoms with Gasteiger partial charge in [-0.2, -0.15) is 0 Å². The van der Waals surface area contributed by atoms with Gasteiger partial charge in [0, 0.05) is 0 Å². The van der Waals surface area contributed by atoms with Gasteiger partial charge in [-0.1, -0.05) is 19.9 Å². The van der Waals surface area contributed by atoms with Gasteiger partial charge in [-0.25, -0.2) is 0 Å². The first-order valence-electron chi connectivity index (χ1n) is 5.11. The predicted molar refractivity (Wildman–Crippen MR) is 56.5 cm³/mol. The van der Waals surface area contributed by atoms with Crippen molar-refractivity contribution in [2.75, 3.05) is 6.61 Å². The summed E-state index contributed by atoms with van der Waals surface area (Å²) in [7, 11) is 0. The third-order valence-corrected chi connectivity index (χ3v) is 2.28. The van der Waals surface area contributed by atoms with Gasteiger partial charge >= 0.3 is 0 Å². The Morgan fingerprint density at radius 2 is 2.08 bits per heavy atom. The molecule has 0 spiro atoms. The zero-order valence-corrected chi connectivity index (χ0v) is 9.18. The Balaban J connectivity index is 2.60. The van der Waals surface area contributed by atoms with Gasteiger partial charge in [0.15, 0.2) is 0 Å². The molecule has 1 aliphatic rings. The predicted octanol–water partition coefficient (Wildman–Crippen LogP) is 3.67.